The van der Waals surface area contributed by atoms with Gasteiger partial charge in [-0.3, -0.25) is 0 Å². The van der Waals surface area contributed by atoms with Crippen molar-refractivity contribution in [1.82, 2.24) is 0 Å². The third kappa shape index (κ3) is 2.02. The summed E-state index contributed by atoms with van der Waals surface area (Å²) in [5.41, 5.74) is 1.02. The fraction of sp³-hybridized carbons (Fsp3) is 0.100. The van der Waals surface area contributed by atoms with Crippen molar-refractivity contribution in [3.8, 4) is 5.75 Å². The highest BCUT2D eigenvalue weighted by Gasteiger charge is 1.98. The lowest BCUT2D eigenvalue weighted by Gasteiger charge is -2.02. The second-order valence-electron chi connectivity index (χ2n) is 2.30. The van der Waals surface area contributed by atoms with Gasteiger partial charge < -0.3 is 4.74 Å². The Balaban J connectivity index is 3.01. The summed E-state index contributed by atoms with van der Waals surface area (Å²) in [5.74, 6) is 0.692. The van der Waals surface area contributed by atoms with Crippen molar-refractivity contribution in [2.45, 2.75) is 0 Å². The third-order valence-corrected chi connectivity index (χ3v) is 1.78. The Morgan fingerprint density at radius 3 is 2.75 bits per heavy atom. The molecule has 0 fully saturated rings. The molecule has 0 atom stereocenters. The number of hydrogen-bond acceptors (Lipinski definition) is 1. The molecule has 1 radical (unpaired) electrons. The second-order valence-corrected chi connectivity index (χ2v) is 2.70. The van der Waals surface area contributed by atoms with Crippen LogP contribution in [0.25, 0.3) is 6.08 Å². The van der Waals surface area contributed by atoms with Gasteiger partial charge in [-0.15, -0.1) is 0 Å². The van der Waals surface area contributed by atoms with Gasteiger partial charge in [0.05, 0.1) is 12.1 Å². The summed E-state index contributed by atoms with van der Waals surface area (Å²) in [6, 6.07) is 5.59. The molecule has 0 unspecified atom stereocenters. The lowest BCUT2D eigenvalue weighted by molar-refractivity contribution is 0.415. The first kappa shape index (κ1) is 9.14. The molecule has 1 nitrogen and oxygen atoms in total. The average molecular weight is 182 g/mol. The minimum absolute atomic E-state index is 0.619. The summed E-state index contributed by atoms with van der Waals surface area (Å²) in [6.07, 6.45) is 3.60. The van der Waals surface area contributed by atoms with Crippen LogP contribution >= 0.6 is 11.6 Å². The molecule has 0 aliphatic rings. The number of halogens is 1. The van der Waals surface area contributed by atoms with E-state index in [0.717, 1.165) is 5.56 Å². The zero-order chi connectivity index (χ0) is 8.97. The zero-order valence-corrected chi connectivity index (χ0v) is 7.64. The van der Waals surface area contributed by atoms with Gasteiger partial charge in [-0.25, -0.2) is 0 Å². The molecule has 12 heavy (non-hydrogen) atoms. The summed E-state index contributed by atoms with van der Waals surface area (Å²) in [6.45, 7) is 3.60. The van der Waals surface area contributed by atoms with Crippen LogP contribution in [0.4, 0.5) is 0 Å². The maximum absolute atomic E-state index is 5.89. The SMILES string of the molecule is [CH2]C=Cc1ccc(OC)c(Cl)c1. The van der Waals surface area contributed by atoms with E-state index in [0.29, 0.717) is 10.8 Å². The molecule has 2 heteroatoms. The molecule has 0 amide bonds. The van der Waals surface area contributed by atoms with Crippen molar-refractivity contribution in [2.24, 2.45) is 0 Å². The standard InChI is InChI=1S/C10H10ClO/c1-3-4-8-5-6-10(12-2)9(11)7-8/h3-7H,1H2,2H3. The van der Waals surface area contributed by atoms with Crippen LogP contribution in [0.2, 0.25) is 5.02 Å². The molecule has 1 aromatic carbocycles. The largest absolute Gasteiger partial charge is 0.495 e. The highest BCUT2D eigenvalue weighted by atomic mass is 35.5. The smallest absolute Gasteiger partial charge is 0.137 e. The summed E-state index contributed by atoms with van der Waals surface area (Å²) in [4.78, 5) is 0. The quantitative estimate of drug-likeness (QED) is 0.681. The third-order valence-electron chi connectivity index (χ3n) is 1.49. The van der Waals surface area contributed by atoms with Crippen LogP contribution in [0.3, 0.4) is 0 Å². The summed E-state index contributed by atoms with van der Waals surface area (Å²) in [7, 11) is 1.60. The van der Waals surface area contributed by atoms with Crippen molar-refractivity contribution in [3.05, 3.63) is 41.8 Å². The average Bonchev–Trinajstić information content (AvgIpc) is 2.05. The van der Waals surface area contributed by atoms with Crippen LogP contribution in [0, 0.1) is 6.92 Å². The highest BCUT2D eigenvalue weighted by molar-refractivity contribution is 6.32. The predicted molar refractivity (Wildman–Crippen MR) is 52.4 cm³/mol. The Morgan fingerprint density at radius 1 is 1.50 bits per heavy atom. The number of ether oxygens (including phenoxy) is 1. The maximum Gasteiger partial charge on any atom is 0.137 e. The topological polar surface area (TPSA) is 9.23 Å². The van der Waals surface area contributed by atoms with Gasteiger partial charge in [0, 0.05) is 0 Å². The lowest BCUT2D eigenvalue weighted by atomic mass is 10.2. The van der Waals surface area contributed by atoms with Crippen molar-refractivity contribution in [1.29, 1.82) is 0 Å². The second kappa shape index (κ2) is 4.17. The van der Waals surface area contributed by atoms with Gasteiger partial charge in [0.1, 0.15) is 5.75 Å². The Labute approximate surface area is 77.6 Å². The summed E-state index contributed by atoms with van der Waals surface area (Å²) < 4.78 is 5.01. The molecule has 0 aliphatic heterocycles. The van der Waals surface area contributed by atoms with Crippen molar-refractivity contribution in [2.75, 3.05) is 7.11 Å². The summed E-state index contributed by atoms with van der Waals surface area (Å²) >= 11 is 5.89. The molecule has 0 N–H and O–H groups in total. The van der Waals surface area contributed by atoms with Gasteiger partial charge in [0.15, 0.2) is 0 Å². The van der Waals surface area contributed by atoms with Crippen LogP contribution in [-0.2, 0) is 0 Å². The van der Waals surface area contributed by atoms with E-state index in [9.17, 15) is 0 Å². The number of rotatable bonds is 2. The van der Waals surface area contributed by atoms with Crippen LogP contribution < -0.4 is 4.74 Å². The Bertz CT molecular complexity index is 292. The Kier molecular flexibility index (Phi) is 3.18. The molecule has 0 spiro atoms. The maximum atomic E-state index is 5.89. The zero-order valence-electron chi connectivity index (χ0n) is 6.88. The van der Waals surface area contributed by atoms with E-state index in [2.05, 4.69) is 6.92 Å². The molecule has 0 saturated carbocycles. The van der Waals surface area contributed by atoms with Gasteiger partial charge >= 0.3 is 0 Å². The van der Waals surface area contributed by atoms with Gasteiger partial charge in [0.25, 0.3) is 0 Å². The minimum Gasteiger partial charge on any atom is -0.495 e. The number of allylic oxidation sites excluding steroid dienone is 1. The monoisotopic (exact) mass is 181 g/mol. The minimum atomic E-state index is 0.619. The molecule has 63 valence electrons. The molecule has 1 aromatic rings. The predicted octanol–water partition coefficient (Wildman–Crippen LogP) is 3.20. The van der Waals surface area contributed by atoms with Crippen molar-refractivity contribution in [3.63, 3.8) is 0 Å². The van der Waals surface area contributed by atoms with Gasteiger partial charge in [-0.2, -0.15) is 0 Å². The van der Waals surface area contributed by atoms with Crippen LogP contribution in [0.1, 0.15) is 5.56 Å². The highest BCUT2D eigenvalue weighted by Crippen LogP contribution is 2.25. The molecule has 0 heterocycles. The lowest BCUT2D eigenvalue weighted by Crippen LogP contribution is -1.83. The van der Waals surface area contributed by atoms with Crippen molar-refractivity contribution >= 4 is 17.7 Å². The molecule has 0 aromatic heterocycles. The first-order chi connectivity index (χ1) is 5.77. The number of hydrogen-bond donors (Lipinski definition) is 0. The van der Waals surface area contributed by atoms with Crippen LogP contribution in [-0.4, -0.2) is 7.11 Å². The van der Waals surface area contributed by atoms with Crippen molar-refractivity contribution < 1.29 is 4.74 Å². The van der Waals surface area contributed by atoms with E-state index in [1.807, 2.05) is 24.3 Å². The van der Waals surface area contributed by atoms with E-state index < -0.39 is 0 Å². The normalized spacial score (nSPS) is 10.6. The molecule has 0 bridgehead atoms. The fourth-order valence-corrected chi connectivity index (χ4v) is 1.19. The van der Waals surface area contributed by atoms with E-state index in [1.54, 1.807) is 13.2 Å². The first-order valence-electron chi connectivity index (χ1n) is 3.57. The van der Waals surface area contributed by atoms with Crippen LogP contribution in [0.5, 0.6) is 5.75 Å². The molecule has 0 saturated heterocycles. The summed E-state index contributed by atoms with van der Waals surface area (Å²) in [5, 5.41) is 0.619. The Hall–Kier alpha value is -0.950. The van der Waals surface area contributed by atoms with Gasteiger partial charge in [-0.05, 0) is 24.6 Å². The Morgan fingerprint density at radius 2 is 2.25 bits per heavy atom. The van der Waals surface area contributed by atoms with Gasteiger partial charge in [0.2, 0.25) is 0 Å². The first-order valence-corrected chi connectivity index (χ1v) is 3.95. The molecular weight excluding hydrogens is 172 g/mol. The van der Waals surface area contributed by atoms with Gasteiger partial charge in [-0.1, -0.05) is 29.8 Å². The molecule has 0 aliphatic carbocycles. The molecular formula is C10H10ClO. The molecule has 1 rings (SSSR count). The van der Waals surface area contributed by atoms with E-state index >= 15 is 0 Å². The fourth-order valence-electron chi connectivity index (χ4n) is 0.922. The van der Waals surface area contributed by atoms with E-state index in [-0.39, 0.29) is 0 Å². The number of benzene rings is 1. The van der Waals surface area contributed by atoms with Crippen LogP contribution in [0.15, 0.2) is 24.3 Å². The van der Waals surface area contributed by atoms with E-state index in [1.165, 1.54) is 0 Å². The number of methoxy groups -OCH3 is 1. The van der Waals surface area contributed by atoms with E-state index in [4.69, 9.17) is 16.3 Å².